The lowest BCUT2D eigenvalue weighted by atomic mass is 10.0. The average Bonchev–Trinajstić information content (AvgIpc) is 2.06. The minimum Gasteiger partial charge on any atom is -0.261 e. The van der Waals surface area contributed by atoms with E-state index in [2.05, 4.69) is 16.0 Å². The first-order valence-electron chi connectivity index (χ1n) is 3.69. The van der Waals surface area contributed by atoms with Crippen molar-refractivity contribution in [3.63, 3.8) is 0 Å². The number of allylic oxidation sites excluding steroid dienone is 2. The van der Waals surface area contributed by atoms with Gasteiger partial charge in [0.1, 0.15) is 0 Å². The van der Waals surface area contributed by atoms with Gasteiger partial charge in [-0.25, -0.2) is 4.40 Å². The quantitative estimate of drug-likeness (QED) is 0.569. The molecule has 0 amide bonds. The van der Waals surface area contributed by atoms with Crippen molar-refractivity contribution in [1.82, 2.24) is 0 Å². The highest BCUT2D eigenvalue weighted by Gasteiger charge is 2.13. The van der Waals surface area contributed by atoms with Crippen LogP contribution in [0.4, 0.5) is 0 Å². The molecule has 0 unspecified atom stereocenters. The predicted octanol–water partition coefficient (Wildman–Crippen LogP) is 2.64. The second-order valence-corrected chi connectivity index (χ2v) is 3.18. The molecule has 1 aliphatic heterocycles. The summed E-state index contributed by atoms with van der Waals surface area (Å²) in [4.78, 5) is 4.19. The molecule has 0 aromatic heterocycles. The summed E-state index contributed by atoms with van der Waals surface area (Å²) in [5.74, 6) is 0. The summed E-state index contributed by atoms with van der Waals surface area (Å²) in [6.07, 6.45) is 3.77. The molecule has 0 radical (unpaired) electrons. The second-order valence-electron chi connectivity index (χ2n) is 2.63. The molecule has 0 aromatic carbocycles. The Hall–Kier alpha value is -0.830. The van der Waals surface area contributed by atoms with Crippen LogP contribution in [0.15, 0.2) is 33.3 Å². The third-order valence-corrected chi connectivity index (χ3v) is 2.10. The van der Waals surface area contributed by atoms with Crippen molar-refractivity contribution in [2.24, 2.45) is 9.39 Å². The van der Waals surface area contributed by atoms with Gasteiger partial charge in [0.25, 0.3) is 0 Å². The Bertz CT molecular complexity index is 294. The zero-order valence-electron chi connectivity index (χ0n) is 7.59. The average molecular weight is 180 g/mol. The smallest absolute Gasteiger partial charge is 0.0841 e. The number of hydrogen-bond acceptors (Lipinski definition) is 3. The molecule has 1 heterocycles. The topological polar surface area (TPSA) is 24.7 Å². The van der Waals surface area contributed by atoms with Crippen LogP contribution in [0.5, 0.6) is 0 Å². The van der Waals surface area contributed by atoms with E-state index < -0.39 is 0 Å². The lowest BCUT2D eigenvalue weighted by Crippen LogP contribution is -2.13. The molecule has 0 atom stereocenters. The number of hydrogen-bond donors (Lipinski definition) is 0. The highest BCUT2D eigenvalue weighted by molar-refractivity contribution is 7.97. The molecule has 1 rings (SSSR count). The molecule has 0 fully saturated rings. The van der Waals surface area contributed by atoms with Crippen LogP contribution in [0.2, 0.25) is 0 Å². The fourth-order valence-electron chi connectivity index (χ4n) is 0.960. The van der Waals surface area contributed by atoms with Crippen LogP contribution in [-0.2, 0) is 0 Å². The van der Waals surface area contributed by atoms with Gasteiger partial charge in [0, 0.05) is 23.7 Å². The van der Waals surface area contributed by atoms with E-state index in [-0.39, 0.29) is 0 Å². The molecule has 0 saturated carbocycles. The molecule has 64 valence electrons. The van der Waals surface area contributed by atoms with Gasteiger partial charge in [0.15, 0.2) is 0 Å². The van der Waals surface area contributed by atoms with Gasteiger partial charge in [-0.05, 0) is 31.4 Å². The summed E-state index contributed by atoms with van der Waals surface area (Å²) < 4.78 is 4.28. The fraction of sp³-hybridized carbons (Fsp3) is 0.333. The third kappa shape index (κ3) is 1.67. The fourth-order valence-corrected chi connectivity index (χ4v) is 1.40. The van der Waals surface area contributed by atoms with Crippen LogP contribution in [-0.4, -0.2) is 17.7 Å². The van der Waals surface area contributed by atoms with E-state index in [1.165, 1.54) is 11.9 Å². The SMILES string of the molecule is C=C1C(C)=NC=C(C)C1=NSC. The molecule has 0 aliphatic carbocycles. The second kappa shape index (κ2) is 3.72. The monoisotopic (exact) mass is 180 g/mol. The Morgan fingerprint density at radius 1 is 1.50 bits per heavy atom. The maximum absolute atomic E-state index is 4.28. The van der Waals surface area contributed by atoms with Crippen molar-refractivity contribution >= 4 is 23.4 Å². The molecule has 0 bridgehead atoms. The van der Waals surface area contributed by atoms with Crippen LogP contribution in [0.1, 0.15) is 13.8 Å². The van der Waals surface area contributed by atoms with Gasteiger partial charge in [0.05, 0.1) is 5.71 Å². The minimum absolute atomic E-state index is 0.935. The molecular formula is C9H12N2S. The van der Waals surface area contributed by atoms with E-state index in [9.17, 15) is 0 Å². The molecule has 1 aliphatic rings. The van der Waals surface area contributed by atoms with E-state index in [0.29, 0.717) is 0 Å². The molecule has 2 nitrogen and oxygen atoms in total. The van der Waals surface area contributed by atoms with Crippen molar-refractivity contribution in [1.29, 1.82) is 0 Å². The van der Waals surface area contributed by atoms with E-state index in [4.69, 9.17) is 0 Å². The van der Waals surface area contributed by atoms with Gasteiger partial charge >= 0.3 is 0 Å². The predicted molar refractivity (Wildman–Crippen MR) is 57.0 cm³/mol. The summed E-state index contributed by atoms with van der Waals surface area (Å²) in [6, 6.07) is 0. The lowest BCUT2D eigenvalue weighted by molar-refractivity contribution is 1.40. The van der Waals surface area contributed by atoms with Gasteiger partial charge in [-0.2, -0.15) is 0 Å². The molecule has 0 aromatic rings. The normalized spacial score (nSPS) is 20.9. The Morgan fingerprint density at radius 2 is 2.17 bits per heavy atom. The van der Waals surface area contributed by atoms with Crippen molar-refractivity contribution in [2.75, 3.05) is 6.26 Å². The van der Waals surface area contributed by atoms with Gasteiger partial charge in [0.2, 0.25) is 0 Å². The number of nitrogens with zero attached hydrogens (tertiary/aromatic N) is 2. The molecular weight excluding hydrogens is 168 g/mol. The molecule has 0 saturated heterocycles. The summed E-state index contributed by atoms with van der Waals surface area (Å²) >= 11 is 1.45. The zero-order chi connectivity index (χ0) is 9.14. The maximum atomic E-state index is 4.28. The van der Waals surface area contributed by atoms with Crippen LogP contribution >= 0.6 is 11.9 Å². The molecule has 3 heteroatoms. The first-order chi connectivity index (χ1) is 5.66. The highest BCUT2D eigenvalue weighted by Crippen LogP contribution is 2.16. The van der Waals surface area contributed by atoms with Crippen molar-refractivity contribution in [3.05, 3.63) is 23.9 Å². The molecule has 0 spiro atoms. The minimum atomic E-state index is 0.935. The number of aliphatic imine (C=N–C) groups is 1. The molecule has 12 heavy (non-hydrogen) atoms. The molecule has 0 N–H and O–H groups in total. The summed E-state index contributed by atoms with van der Waals surface area (Å²) in [5, 5.41) is 0. The van der Waals surface area contributed by atoms with E-state index in [1.807, 2.05) is 26.3 Å². The van der Waals surface area contributed by atoms with Crippen LogP contribution in [0.25, 0.3) is 0 Å². The Labute approximate surface area is 77.3 Å². The van der Waals surface area contributed by atoms with Crippen LogP contribution in [0.3, 0.4) is 0 Å². The van der Waals surface area contributed by atoms with Gasteiger partial charge in [-0.3, -0.25) is 4.99 Å². The largest absolute Gasteiger partial charge is 0.261 e. The van der Waals surface area contributed by atoms with Gasteiger partial charge < -0.3 is 0 Å². The Kier molecular flexibility index (Phi) is 2.87. The van der Waals surface area contributed by atoms with Crippen molar-refractivity contribution < 1.29 is 0 Å². The standard InChI is InChI=1S/C9H12N2S/c1-6-5-10-8(3)7(2)9(6)11-12-4/h5H,2H2,1,3-4H3. The van der Waals surface area contributed by atoms with Crippen molar-refractivity contribution in [2.45, 2.75) is 13.8 Å². The summed E-state index contributed by atoms with van der Waals surface area (Å²) in [6.45, 7) is 7.87. The van der Waals surface area contributed by atoms with Gasteiger partial charge in [-0.15, -0.1) is 0 Å². The Morgan fingerprint density at radius 3 is 2.75 bits per heavy atom. The van der Waals surface area contributed by atoms with Gasteiger partial charge in [-0.1, -0.05) is 6.58 Å². The zero-order valence-corrected chi connectivity index (χ0v) is 8.40. The lowest BCUT2D eigenvalue weighted by Gasteiger charge is -2.12. The summed E-state index contributed by atoms with van der Waals surface area (Å²) in [5.41, 5.74) is 3.94. The van der Waals surface area contributed by atoms with E-state index in [1.54, 1.807) is 0 Å². The van der Waals surface area contributed by atoms with Crippen LogP contribution in [0, 0.1) is 0 Å². The Balaban J connectivity index is 3.06. The first kappa shape index (κ1) is 9.26. The third-order valence-electron chi connectivity index (χ3n) is 1.73. The number of rotatable bonds is 1. The highest BCUT2D eigenvalue weighted by atomic mass is 32.2. The van der Waals surface area contributed by atoms with Crippen LogP contribution < -0.4 is 0 Å². The summed E-state index contributed by atoms with van der Waals surface area (Å²) in [7, 11) is 0. The maximum Gasteiger partial charge on any atom is 0.0841 e. The van der Waals surface area contributed by atoms with E-state index >= 15 is 0 Å². The van der Waals surface area contributed by atoms with Crippen molar-refractivity contribution in [3.8, 4) is 0 Å². The first-order valence-corrected chi connectivity index (χ1v) is 4.87. The van der Waals surface area contributed by atoms with E-state index in [0.717, 1.165) is 22.6 Å².